The van der Waals surface area contributed by atoms with Crippen molar-refractivity contribution >= 4 is 15.9 Å². The standard InChI is InChI=1S/C12H11BrN2O/c1-2-16-10-5-3-9(4-6-10)11-7-12(13)15-8-14-11/h3-8H,2H2,1H3. The van der Waals surface area contributed by atoms with Gasteiger partial charge in [-0.1, -0.05) is 0 Å². The van der Waals surface area contributed by atoms with Gasteiger partial charge >= 0.3 is 0 Å². The topological polar surface area (TPSA) is 35.0 Å². The normalized spacial score (nSPS) is 10.1. The monoisotopic (exact) mass is 278 g/mol. The average Bonchev–Trinajstić information content (AvgIpc) is 2.30. The van der Waals surface area contributed by atoms with Crippen LogP contribution in [0.5, 0.6) is 5.75 Å². The number of ether oxygens (including phenoxy) is 1. The van der Waals surface area contributed by atoms with E-state index in [0.29, 0.717) is 6.61 Å². The largest absolute Gasteiger partial charge is 0.494 e. The van der Waals surface area contributed by atoms with Crippen molar-refractivity contribution in [2.24, 2.45) is 0 Å². The van der Waals surface area contributed by atoms with E-state index in [1.165, 1.54) is 6.33 Å². The SMILES string of the molecule is CCOc1ccc(-c2cc(Br)ncn2)cc1. The van der Waals surface area contributed by atoms with E-state index in [1.54, 1.807) is 0 Å². The van der Waals surface area contributed by atoms with Crippen LogP contribution >= 0.6 is 15.9 Å². The van der Waals surface area contributed by atoms with Crippen molar-refractivity contribution in [3.63, 3.8) is 0 Å². The molecule has 1 aromatic carbocycles. The van der Waals surface area contributed by atoms with Crippen LogP contribution in [-0.2, 0) is 0 Å². The summed E-state index contributed by atoms with van der Waals surface area (Å²) < 4.78 is 6.16. The molecule has 0 fully saturated rings. The van der Waals surface area contributed by atoms with Crippen molar-refractivity contribution in [1.82, 2.24) is 9.97 Å². The number of hydrogen-bond acceptors (Lipinski definition) is 3. The Morgan fingerprint density at radius 2 is 1.94 bits per heavy atom. The van der Waals surface area contributed by atoms with Crippen LogP contribution in [0.25, 0.3) is 11.3 Å². The van der Waals surface area contributed by atoms with E-state index < -0.39 is 0 Å². The third-order valence-corrected chi connectivity index (χ3v) is 2.53. The highest BCUT2D eigenvalue weighted by atomic mass is 79.9. The van der Waals surface area contributed by atoms with E-state index in [-0.39, 0.29) is 0 Å². The predicted molar refractivity (Wildman–Crippen MR) is 66.3 cm³/mol. The number of aromatic nitrogens is 2. The Morgan fingerprint density at radius 1 is 1.19 bits per heavy atom. The van der Waals surface area contributed by atoms with Gasteiger partial charge in [0.2, 0.25) is 0 Å². The number of rotatable bonds is 3. The lowest BCUT2D eigenvalue weighted by molar-refractivity contribution is 0.340. The fourth-order valence-electron chi connectivity index (χ4n) is 1.38. The molecular formula is C12H11BrN2O. The van der Waals surface area contributed by atoms with E-state index in [9.17, 15) is 0 Å². The summed E-state index contributed by atoms with van der Waals surface area (Å²) in [6, 6.07) is 9.74. The van der Waals surface area contributed by atoms with Gasteiger partial charge in [0.1, 0.15) is 16.7 Å². The second-order valence-corrected chi connectivity index (χ2v) is 4.00. The molecule has 0 aliphatic rings. The van der Waals surface area contributed by atoms with E-state index in [2.05, 4.69) is 25.9 Å². The highest BCUT2D eigenvalue weighted by molar-refractivity contribution is 9.10. The van der Waals surface area contributed by atoms with E-state index >= 15 is 0 Å². The molecule has 1 heterocycles. The molecule has 0 unspecified atom stereocenters. The molecule has 4 heteroatoms. The van der Waals surface area contributed by atoms with E-state index in [4.69, 9.17) is 4.74 Å². The molecule has 0 N–H and O–H groups in total. The summed E-state index contributed by atoms with van der Waals surface area (Å²) >= 11 is 3.32. The Hall–Kier alpha value is -1.42. The second kappa shape index (κ2) is 5.07. The first-order valence-electron chi connectivity index (χ1n) is 5.00. The summed E-state index contributed by atoms with van der Waals surface area (Å²) in [5.74, 6) is 0.874. The van der Waals surface area contributed by atoms with E-state index in [1.807, 2.05) is 37.3 Å². The lowest BCUT2D eigenvalue weighted by Gasteiger charge is -2.04. The van der Waals surface area contributed by atoms with Crippen molar-refractivity contribution in [3.05, 3.63) is 41.3 Å². The van der Waals surface area contributed by atoms with Gasteiger partial charge in [-0.3, -0.25) is 0 Å². The maximum atomic E-state index is 5.38. The van der Waals surface area contributed by atoms with Crippen LogP contribution in [-0.4, -0.2) is 16.6 Å². The molecule has 16 heavy (non-hydrogen) atoms. The molecule has 0 radical (unpaired) electrons. The van der Waals surface area contributed by atoms with Crippen molar-refractivity contribution in [2.45, 2.75) is 6.92 Å². The van der Waals surface area contributed by atoms with Gasteiger partial charge in [-0.15, -0.1) is 0 Å². The van der Waals surface area contributed by atoms with Crippen molar-refractivity contribution in [1.29, 1.82) is 0 Å². The van der Waals surface area contributed by atoms with Crippen LogP contribution in [0.2, 0.25) is 0 Å². The average molecular weight is 279 g/mol. The van der Waals surface area contributed by atoms with Crippen LogP contribution in [0.4, 0.5) is 0 Å². The maximum absolute atomic E-state index is 5.38. The summed E-state index contributed by atoms with van der Waals surface area (Å²) in [5.41, 5.74) is 1.94. The highest BCUT2D eigenvalue weighted by Crippen LogP contribution is 2.21. The number of halogens is 1. The Morgan fingerprint density at radius 3 is 2.56 bits per heavy atom. The van der Waals surface area contributed by atoms with Crippen molar-refractivity contribution in [3.8, 4) is 17.0 Å². The Bertz CT molecular complexity index is 471. The van der Waals surface area contributed by atoms with Gasteiger partial charge in [-0.2, -0.15) is 0 Å². The Balaban J connectivity index is 2.27. The summed E-state index contributed by atoms with van der Waals surface area (Å²) in [4.78, 5) is 8.20. The molecule has 0 amide bonds. The first-order valence-corrected chi connectivity index (χ1v) is 5.79. The Kier molecular flexibility index (Phi) is 3.51. The van der Waals surface area contributed by atoms with Crippen LogP contribution in [0.1, 0.15) is 6.92 Å². The molecule has 0 bridgehead atoms. The molecule has 82 valence electrons. The number of hydrogen-bond donors (Lipinski definition) is 0. The molecule has 0 atom stereocenters. The minimum Gasteiger partial charge on any atom is -0.494 e. The molecule has 3 nitrogen and oxygen atoms in total. The van der Waals surface area contributed by atoms with Gasteiger partial charge in [-0.05, 0) is 53.2 Å². The van der Waals surface area contributed by atoms with Gasteiger partial charge < -0.3 is 4.74 Å². The van der Waals surface area contributed by atoms with Gasteiger partial charge in [0.25, 0.3) is 0 Å². The van der Waals surface area contributed by atoms with Crippen LogP contribution in [0.15, 0.2) is 41.3 Å². The maximum Gasteiger partial charge on any atom is 0.119 e. The van der Waals surface area contributed by atoms with Gasteiger partial charge in [0.15, 0.2) is 0 Å². The summed E-state index contributed by atoms with van der Waals surface area (Å²) in [5, 5.41) is 0. The fraction of sp³-hybridized carbons (Fsp3) is 0.167. The zero-order valence-corrected chi connectivity index (χ0v) is 10.4. The van der Waals surface area contributed by atoms with Gasteiger partial charge in [-0.25, -0.2) is 9.97 Å². The second-order valence-electron chi connectivity index (χ2n) is 3.18. The molecule has 0 aliphatic heterocycles. The fourth-order valence-corrected chi connectivity index (χ4v) is 1.69. The highest BCUT2D eigenvalue weighted by Gasteiger charge is 2.00. The zero-order chi connectivity index (χ0) is 11.4. The van der Waals surface area contributed by atoms with Crippen LogP contribution in [0.3, 0.4) is 0 Å². The summed E-state index contributed by atoms with van der Waals surface area (Å²) in [6.45, 7) is 2.65. The van der Waals surface area contributed by atoms with Gasteiger partial charge in [0, 0.05) is 5.56 Å². The Labute approximate surface area is 103 Å². The van der Waals surface area contributed by atoms with E-state index in [0.717, 1.165) is 21.6 Å². The molecule has 0 saturated heterocycles. The molecule has 0 saturated carbocycles. The predicted octanol–water partition coefficient (Wildman–Crippen LogP) is 3.30. The molecule has 2 aromatic rings. The number of benzene rings is 1. The smallest absolute Gasteiger partial charge is 0.119 e. The molecular weight excluding hydrogens is 268 g/mol. The minimum atomic E-state index is 0.679. The first kappa shape index (κ1) is 11.1. The van der Waals surface area contributed by atoms with Crippen LogP contribution in [0, 0.1) is 0 Å². The molecule has 0 aliphatic carbocycles. The molecule has 1 aromatic heterocycles. The van der Waals surface area contributed by atoms with Crippen molar-refractivity contribution in [2.75, 3.05) is 6.61 Å². The minimum absolute atomic E-state index is 0.679. The van der Waals surface area contributed by atoms with Crippen molar-refractivity contribution < 1.29 is 4.74 Å². The first-order chi connectivity index (χ1) is 7.79. The lowest BCUT2D eigenvalue weighted by atomic mass is 10.1. The lowest BCUT2D eigenvalue weighted by Crippen LogP contribution is -1.91. The summed E-state index contributed by atoms with van der Waals surface area (Å²) in [6.07, 6.45) is 1.54. The van der Waals surface area contributed by atoms with Gasteiger partial charge in [0.05, 0.1) is 12.3 Å². The number of nitrogens with zero attached hydrogens (tertiary/aromatic N) is 2. The molecule has 0 spiro atoms. The molecule has 2 rings (SSSR count). The summed E-state index contributed by atoms with van der Waals surface area (Å²) in [7, 11) is 0. The third-order valence-electron chi connectivity index (χ3n) is 2.09. The quantitative estimate of drug-likeness (QED) is 0.808. The third kappa shape index (κ3) is 2.58. The van der Waals surface area contributed by atoms with Crippen LogP contribution < -0.4 is 4.74 Å². The zero-order valence-electron chi connectivity index (χ0n) is 8.85.